The highest BCUT2D eigenvalue weighted by Gasteiger charge is 2.05. The fourth-order valence-corrected chi connectivity index (χ4v) is 1.34. The van der Waals surface area contributed by atoms with Gasteiger partial charge in [0.15, 0.2) is 0 Å². The lowest BCUT2D eigenvalue weighted by Gasteiger charge is -2.17. The van der Waals surface area contributed by atoms with Gasteiger partial charge in [0.05, 0.1) is 12.3 Å². The zero-order valence-corrected chi connectivity index (χ0v) is 10.8. The summed E-state index contributed by atoms with van der Waals surface area (Å²) in [5, 5.41) is 3.46. The molecule has 0 radical (unpaired) electrons. The molecule has 0 aliphatic carbocycles. The zero-order valence-electron chi connectivity index (χ0n) is 10.8. The molecule has 0 spiro atoms. The lowest BCUT2D eigenvalue weighted by molar-refractivity contribution is 0.272. The van der Waals surface area contributed by atoms with Gasteiger partial charge in [0.25, 0.3) is 0 Å². The molecule has 0 aromatic heterocycles. The number of rotatable bonds is 6. The van der Waals surface area contributed by atoms with Crippen LogP contribution in [0.3, 0.4) is 0 Å². The molecule has 0 heterocycles. The molecule has 1 N–H and O–H groups in total. The summed E-state index contributed by atoms with van der Waals surface area (Å²) in [4.78, 5) is 0. The quantitative estimate of drug-likeness (QED) is 0.785. The first-order valence-electron chi connectivity index (χ1n) is 6.11. The van der Waals surface area contributed by atoms with Crippen molar-refractivity contribution < 1.29 is 4.74 Å². The fraction of sp³-hybridized carbons (Fsp3) is 0.571. The number of ether oxygens (including phenoxy) is 1. The number of para-hydroxylation sites is 2. The van der Waals surface area contributed by atoms with Gasteiger partial charge in [0.1, 0.15) is 5.75 Å². The van der Waals surface area contributed by atoms with E-state index in [1.165, 1.54) is 0 Å². The van der Waals surface area contributed by atoms with Gasteiger partial charge < -0.3 is 10.1 Å². The van der Waals surface area contributed by atoms with Gasteiger partial charge in [-0.15, -0.1) is 0 Å². The molecule has 2 heteroatoms. The Labute approximate surface area is 99.0 Å². The number of anilines is 1. The van der Waals surface area contributed by atoms with E-state index in [-0.39, 0.29) is 0 Å². The third kappa shape index (κ3) is 4.13. The van der Waals surface area contributed by atoms with E-state index < -0.39 is 0 Å². The highest BCUT2D eigenvalue weighted by Crippen LogP contribution is 2.25. The Balaban J connectivity index is 2.67. The van der Waals surface area contributed by atoms with Gasteiger partial charge in [-0.1, -0.05) is 32.9 Å². The Bertz CT molecular complexity index is 309. The number of hydrogen-bond acceptors (Lipinski definition) is 2. The SMILES string of the molecule is CCC(C)Nc1ccccc1OCC(C)C. The van der Waals surface area contributed by atoms with Crippen LogP contribution in [0.2, 0.25) is 0 Å². The molecule has 2 nitrogen and oxygen atoms in total. The van der Waals surface area contributed by atoms with Crippen molar-refractivity contribution in [3.63, 3.8) is 0 Å². The van der Waals surface area contributed by atoms with Gasteiger partial charge in [-0.3, -0.25) is 0 Å². The van der Waals surface area contributed by atoms with Crippen molar-refractivity contribution in [2.45, 2.75) is 40.2 Å². The monoisotopic (exact) mass is 221 g/mol. The van der Waals surface area contributed by atoms with Gasteiger partial charge in [-0.25, -0.2) is 0 Å². The Morgan fingerprint density at radius 2 is 1.88 bits per heavy atom. The first-order chi connectivity index (χ1) is 7.63. The molecular weight excluding hydrogens is 198 g/mol. The van der Waals surface area contributed by atoms with Crippen LogP contribution in [0.1, 0.15) is 34.1 Å². The normalized spacial score (nSPS) is 12.6. The molecule has 0 fully saturated rings. The second-order valence-electron chi connectivity index (χ2n) is 4.65. The predicted molar refractivity (Wildman–Crippen MR) is 70.2 cm³/mol. The maximum absolute atomic E-state index is 5.78. The van der Waals surface area contributed by atoms with Crippen LogP contribution in [0.5, 0.6) is 5.75 Å². The van der Waals surface area contributed by atoms with Gasteiger partial charge >= 0.3 is 0 Å². The maximum atomic E-state index is 5.78. The molecule has 1 aromatic carbocycles. The van der Waals surface area contributed by atoms with Gasteiger partial charge in [-0.05, 0) is 31.4 Å². The summed E-state index contributed by atoms with van der Waals surface area (Å²) in [6, 6.07) is 8.61. The van der Waals surface area contributed by atoms with Crippen LogP contribution in [0.15, 0.2) is 24.3 Å². The highest BCUT2D eigenvalue weighted by atomic mass is 16.5. The minimum Gasteiger partial charge on any atom is -0.491 e. The average molecular weight is 221 g/mol. The van der Waals surface area contributed by atoms with Crippen LogP contribution in [0.25, 0.3) is 0 Å². The summed E-state index contributed by atoms with van der Waals surface area (Å²) in [6.45, 7) is 9.43. The van der Waals surface area contributed by atoms with E-state index >= 15 is 0 Å². The lowest BCUT2D eigenvalue weighted by Crippen LogP contribution is -2.15. The number of benzene rings is 1. The van der Waals surface area contributed by atoms with E-state index in [4.69, 9.17) is 4.74 Å². The van der Waals surface area contributed by atoms with Crippen LogP contribution in [0.4, 0.5) is 5.69 Å². The molecule has 0 aliphatic heterocycles. The molecular formula is C14H23NO. The summed E-state index contributed by atoms with van der Waals surface area (Å²) in [5.74, 6) is 1.51. The summed E-state index contributed by atoms with van der Waals surface area (Å²) in [7, 11) is 0. The Morgan fingerprint density at radius 1 is 1.19 bits per heavy atom. The Morgan fingerprint density at radius 3 is 2.50 bits per heavy atom. The van der Waals surface area contributed by atoms with Crippen LogP contribution in [0, 0.1) is 5.92 Å². The third-order valence-electron chi connectivity index (χ3n) is 2.47. The molecule has 90 valence electrons. The molecule has 0 saturated carbocycles. The Hall–Kier alpha value is -1.18. The first-order valence-corrected chi connectivity index (χ1v) is 6.11. The van der Waals surface area contributed by atoms with Crippen molar-refractivity contribution >= 4 is 5.69 Å². The van der Waals surface area contributed by atoms with Crippen molar-refractivity contribution in [3.8, 4) is 5.75 Å². The standard InChI is InChI=1S/C14H23NO/c1-5-12(4)15-13-8-6-7-9-14(13)16-10-11(2)3/h6-9,11-12,15H,5,10H2,1-4H3. The summed E-state index contributed by atoms with van der Waals surface area (Å²) in [6.07, 6.45) is 1.11. The number of nitrogens with one attached hydrogen (secondary N) is 1. The van der Waals surface area contributed by atoms with E-state index in [9.17, 15) is 0 Å². The van der Waals surface area contributed by atoms with Gasteiger partial charge in [0.2, 0.25) is 0 Å². The molecule has 1 atom stereocenters. The van der Waals surface area contributed by atoms with Crippen LogP contribution < -0.4 is 10.1 Å². The molecule has 0 bridgehead atoms. The average Bonchev–Trinajstić information content (AvgIpc) is 2.27. The van der Waals surface area contributed by atoms with E-state index in [0.717, 1.165) is 24.5 Å². The van der Waals surface area contributed by atoms with Gasteiger partial charge in [-0.2, -0.15) is 0 Å². The molecule has 1 rings (SSSR count). The molecule has 16 heavy (non-hydrogen) atoms. The Kier molecular flexibility index (Phi) is 5.17. The molecule has 1 aromatic rings. The minimum atomic E-state index is 0.476. The zero-order chi connectivity index (χ0) is 12.0. The maximum Gasteiger partial charge on any atom is 0.142 e. The van der Waals surface area contributed by atoms with E-state index in [0.29, 0.717) is 12.0 Å². The summed E-state index contributed by atoms with van der Waals surface area (Å²) in [5.41, 5.74) is 1.09. The smallest absolute Gasteiger partial charge is 0.142 e. The van der Waals surface area contributed by atoms with Crippen molar-refractivity contribution in [2.75, 3.05) is 11.9 Å². The third-order valence-corrected chi connectivity index (χ3v) is 2.47. The van der Waals surface area contributed by atoms with E-state index in [2.05, 4.69) is 39.1 Å². The fourth-order valence-electron chi connectivity index (χ4n) is 1.34. The second kappa shape index (κ2) is 6.41. The highest BCUT2D eigenvalue weighted by molar-refractivity contribution is 5.56. The van der Waals surface area contributed by atoms with Crippen molar-refractivity contribution in [1.82, 2.24) is 0 Å². The van der Waals surface area contributed by atoms with Crippen molar-refractivity contribution in [1.29, 1.82) is 0 Å². The molecule has 0 aliphatic rings. The van der Waals surface area contributed by atoms with Crippen LogP contribution in [-0.2, 0) is 0 Å². The van der Waals surface area contributed by atoms with Crippen LogP contribution in [-0.4, -0.2) is 12.6 Å². The van der Waals surface area contributed by atoms with E-state index in [1.807, 2.05) is 18.2 Å². The van der Waals surface area contributed by atoms with Crippen LogP contribution >= 0.6 is 0 Å². The summed E-state index contributed by atoms with van der Waals surface area (Å²) >= 11 is 0. The minimum absolute atomic E-state index is 0.476. The number of hydrogen-bond donors (Lipinski definition) is 1. The van der Waals surface area contributed by atoms with Gasteiger partial charge in [0, 0.05) is 6.04 Å². The molecule has 0 saturated heterocycles. The summed E-state index contributed by atoms with van der Waals surface area (Å²) < 4.78 is 5.78. The first kappa shape index (κ1) is 12.9. The topological polar surface area (TPSA) is 21.3 Å². The lowest BCUT2D eigenvalue weighted by atomic mass is 10.2. The molecule has 0 amide bonds. The van der Waals surface area contributed by atoms with E-state index in [1.54, 1.807) is 0 Å². The second-order valence-corrected chi connectivity index (χ2v) is 4.65. The van der Waals surface area contributed by atoms with Crippen molar-refractivity contribution in [3.05, 3.63) is 24.3 Å². The van der Waals surface area contributed by atoms with Crippen molar-refractivity contribution in [2.24, 2.45) is 5.92 Å². The molecule has 1 unspecified atom stereocenters. The largest absolute Gasteiger partial charge is 0.491 e. The predicted octanol–water partition coefficient (Wildman–Crippen LogP) is 3.93.